The Kier molecular flexibility index (Phi) is 5.27. The van der Waals surface area contributed by atoms with Gasteiger partial charge in [0.2, 0.25) is 5.95 Å². The first kappa shape index (κ1) is 14.4. The van der Waals surface area contributed by atoms with Crippen LogP contribution in [0, 0.1) is 6.92 Å². The van der Waals surface area contributed by atoms with Gasteiger partial charge in [-0.2, -0.15) is 4.98 Å². The summed E-state index contributed by atoms with van der Waals surface area (Å²) in [6.45, 7) is 1.87. The van der Waals surface area contributed by atoms with E-state index in [1.165, 1.54) is 6.33 Å². The molecule has 2 rings (SSSR count). The molecule has 6 N–H and O–H groups in total. The van der Waals surface area contributed by atoms with Crippen molar-refractivity contribution in [1.82, 2.24) is 19.9 Å². The Morgan fingerprint density at radius 3 is 2.26 bits per heavy atom. The van der Waals surface area contributed by atoms with Crippen LogP contribution in [0.4, 0.5) is 23.4 Å². The van der Waals surface area contributed by atoms with Crippen molar-refractivity contribution in [3.05, 3.63) is 24.2 Å². The normalized spacial score (nSPS) is 9.21. The molecule has 0 amide bonds. The van der Waals surface area contributed by atoms with Crippen LogP contribution in [0.3, 0.4) is 0 Å². The molecule has 2 aromatic rings. The van der Waals surface area contributed by atoms with Gasteiger partial charge in [0.25, 0.3) is 0 Å². The first-order chi connectivity index (χ1) is 9.06. The molecule has 0 radical (unpaired) electrons. The maximum atomic E-state index is 5.51. The molecule has 0 unspecified atom stereocenters. The highest BCUT2D eigenvalue weighted by Gasteiger charge is 1.95. The van der Waals surface area contributed by atoms with Crippen molar-refractivity contribution in [2.24, 2.45) is 0 Å². The Balaban J connectivity index is 0.000000191. The largest absolute Gasteiger partial charge is 0.384 e. The summed E-state index contributed by atoms with van der Waals surface area (Å²) >= 11 is 0. The Morgan fingerprint density at radius 2 is 1.79 bits per heavy atom. The van der Waals surface area contributed by atoms with Crippen LogP contribution in [-0.2, 0) is 0 Å². The van der Waals surface area contributed by atoms with Crippen molar-refractivity contribution in [3.63, 3.8) is 0 Å². The smallest absolute Gasteiger partial charge is 0.224 e. The van der Waals surface area contributed by atoms with E-state index in [0.717, 1.165) is 11.4 Å². The molecule has 2 heterocycles. The summed E-state index contributed by atoms with van der Waals surface area (Å²) in [4.78, 5) is 15.5. The molecule has 8 heteroatoms. The van der Waals surface area contributed by atoms with Gasteiger partial charge in [0.15, 0.2) is 0 Å². The Bertz CT molecular complexity index is 528. The molecule has 0 aliphatic carbocycles. The highest BCUT2D eigenvalue weighted by Crippen LogP contribution is 2.06. The summed E-state index contributed by atoms with van der Waals surface area (Å²) in [5.41, 5.74) is 11.8. The summed E-state index contributed by atoms with van der Waals surface area (Å²) in [5, 5.41) is 5.63. The van der Waals surface area contributed by atoms with Crippen LogP contribution in [0.5, 0.6) is 0 Å². The molecule has 102 valence electrons. The molecule has 0 saturated heterocycles. The number of aryl methyl sites for hydroxylation is 1. The fourth-order valence-corrected chi connectivity index (χ4v) is 1.08. The van der Waals surface area contributed by atoms with E-state index in [0.29, 0.717) is 17.6 Å². The van der Waals surface area contributed by atoms with Crippen molar-refractivity contribution in [1.29, 1.82) is 0 Å². The van der Waals surface area contributed by atoms with Gasteiger partial charge in [0.05, 0.1) is 0 Å². The average Bonchev–Trinajstić information content (AvgIpc) is 2.42. The Morgan fingerprint density at radius 1 is 1.05 bits per heavy atom. The summed E-state index contributed by atoms with van der Waals surface area (Å²) in [7, 11) is 3.53. The third kappa shape index (κ3) is 4.62. The minimum atomic E-state index is 0.481. The summed E-state index contributed by atoms with van der Waals surface area (Å²) in [6, 6.07) is 1.67. The number of nitrogens with one attached hydrogen (secondary N) is 2. The van der Waals surface area contributed by atoms with Crippen LogP contribution in [0.2, 0.25) is 0 Å². The van der Waals surface area contributed by atoms with E-state index in [2.05, 4.69) is 30.6 Å². The number of aromatic nitrogens is 4. The lowest BCUT2D eigenvalue weighted by atomic mass is 10.4. The zero-order valence-electron chi connectivity index (χ0n) is 11.2. The second-order valence-electron chi connectivity index (χ2n) is 3.59. The first-order valence-electron chi connectivity index (χ1n) is 5.59. The maximum Gasteiger partial charge on any atom is 0.224 e. The second kappa shape index (κ2) is 6.94. The quantitative estimate of drug-likeness (QED) is 0.616. The number of hydrogen-bond acceptors (Lipinski definition) is 8. The second-order valence-corrected chi connectivity index (χ2v) is 3.59. The zero-order chi connectivity index (χ0) is 14.3. The molecule has 0 aliphatic heterocycles. The third-order valence-electron chi connectivity index (χ3n) is 2.18. The van der Waals surface area contributed by atoms with E-state index in [9.17, 15) is 0 Å². The lowest BCUT2D eigenvalue weighted by Gasteiger charge is -2.00. The van der Waals surface area contributed by atoms with Crippen LogP contribution < -0.4 is 22.1 Å². The van der Waals surface area contributed by atoms with E-state index in [-0.39, 0.29) is 0 Å². The SMILES string of the molecule is CNc1cc(N)ncn1.CNc1ncc(C)c(N)n1. The van der Waals surface area contributed by atoms with Gasteiger partial charge in [-0.05, 0) is 6.92 Å². The fraction of sp³-hybridized carbons (Fsp3) is 0.273. The van der Waals surface area contributed by atoms with Gasteiger partial charge in [-0.3, -0.25) is 0 Å². The predicted octanol–water partition coefficient (Wildman–Crippen LogP) is 0.509. The van der Waals surface area contributed by atoms with E-state index in [4.69, 9.17) is 11.5 Å². The van der Waals surface area contributed by atoms with Gasteiger partial charge in [0.1, 0.15) is 23.8 Å². The molecular weight excluding hydrogens is 244 g/mol. The number of nitrogens with two attached hydrogens (primary N) is 2. The van der Waals surface area contributed by atoms with Crippen LogP contribution in [0.1, 0.15) is 5.56 Å². The van der Waals surface area contributed by atoms with Gasteiger partial charge in [-0.15, -0.1) is 0 Å². The molecule has 0 fully saturated rings. The highest BCUT2D eigenvalue weighted by atomic mass is 15.1. The summed E-state index contributed by atoms with van der Waals surface area (Å²) < 4.78 is 0. The van der Waals surface area contributed by atoms with Gasteiger partial charge in [0, 0.05) is 31.9 Å². The zero-order valence-corrected chi connectivity index (χ0v) is 11.2. The van der Waals surface area contributed by atoms with Gasteiger partial charge >= 0.3 is 0 Å². The Labute approximate surface area is 111 Å². The standard InChI is InChI=1S/C6H10N4.C5H8N4/c1-4-3-9-6(8-2)10-5(4)7;1-7-5-2-4(6)8-3-9-5/h3H,1-2H3,(H3,7,8,9,10);2-3H,1H3,(H3,6,7,8,9). The molecule has 0 aromatic carbocycles. The molecule has 2 aromatic heterocycles. The van der Waals surface area contributed by atoms with Crippen LogP contribution in [0.25, 0.3) is 0 Å². The average molecular weight is 262 g/mol. The summed E-state index contributed by atoms with van der Waals surface area (Å²) in [6.07, 6.45) is 3.11. The van der Waals surface area contributed by atoms with Gasteiger partial charge in [-0.25, -0.2) is 15.0 Å². The number of anilines is 4. The predicted molar refractivity (Wildman–Crippen MR) is 76.7 cm³/mol. The molecule has 0 saturated carbocycles. The first-order valence-corrected chi connectivity index (χ1v) is 5.59. The van der Waals surface area contributed by atoms with Crippen molar-refractivity contribution >= 4 is 23.4 Å². The van der Waals surface area contributed by atoms with Crippen molar-refractivity contribution < 1.29 is 0 Å². The highest BCUT2D eigenvalue weighted by molar-refractivity contribution is 5.42. The molecular formula is C11H18N8. The Hall–Kier alpha value is -2.64. The van der Waals surface area contributed by atoms with E-state index in [1.807, 2.05) is 6.92 Å². The third-order valence-corrected chi connectivity index (χ3v) is 2.18. The van der Waals surface area contributed by atoms with E-state index >= 15 is 0 Å². The number of rotatable bonds is 2. The topological polar surface area (TPSA) is 128 Å². The molecule has 0 aliphatic rings. The van der Waals surface area contributed by atoms with Crippen molar-refractivity contribution in [2.75, 3.05) is 36.2 Å². The number of nitrogen functional groups attached to an aromatic ring is 2. The lowest BCUT2D eigenvalue weighted by Crippen LogP contribution is -2.01. The number of hydrogen-bond donors (Lipinski definition) is 4. The van der Waals surface area contributed by atoms with E-state index in [1.54, 1.807) is 26.4 Å². The van der Waals surface area contributed by atoms with Crippen LogP contribution >= 0.6 is 0 Å². The minimum Gasteiger partial charge on any atom is -0.384 e. The molecule has 8 nitrogen and oxygen atoms in total. The van der Waals surface area contributed by atoms with Crippen LogP contribution in [0.15, 0.2) is 18.6 Å². The van der Waals surface area contributed by atoms with Crippen molar-refractivity contribution in [3.8, 4) is 0 Å². The van der Waals surface area contributed by atoms with Crippen LogP contribution in [-0.4, -0.2) is 34.0 Å². The molecule has 0 spiro atoms. The minimum absolute atomic E-state index is 0.481. The van der Waals surface area contributed by atoms with Gasteiger partial charge in [-0.1, -0.05) is 0 Å². The number of nitrogens with zero attached hydrogens (tertiary/aromatic N) is 4. The molecule has 19 heavy (non-hydrogen) atoms. The summed E-state index contributed by atoms with van der Waals surface area (Å²) in [5.74, 6) is 2.30. The maximum absolute atomic E-state index is 5.51. The molecule has 0 bridgehead atoms. The lowest BCUT2D eigenvalue weighted by molar-refractivity contribution is 1.13. The fourth-order valence-electron chi connectivity index (χ4n) is 1.08. The van der Waals surface area contributed by atoms with Gasteiger partial charge < -0.3 is 22.1 Å². The molecule has 0 atom stereocenters. The van der Waals surface area contributed by atoms with Crippen molar-refractivity contribution in [2.45, 2.75) is 6.92 Å². The monoisotopic (exact) mass is 262 g/mol. The van der Waals surface area contributed by atoms with E-state index < -0.39 is 0 Å².